The summed E-state index contributed by atoms with van der Waals surface area (Å²) in [7, 11) is 0. The molecule has 0 saturated carbocycles. The maximum atomic E-state index is 12.4. The van der Waals surface area contributed by atoms with E-state index in [1.165, 1.54) is 5.56 Å². The minimum Gasteiger partial charge on any atom is -0.308 e. The van der Waals surface area contributed by atoms with Gasteiger partial charge in [-0.3, -0.25) is 4.98 Å². The molecule has 0 bridgehead atoms. The Balaban J connectivity index is 1.67. The number of pyridine rings is 1. The lowest BCUT2D eigenvalue weighted by Crippen LogP contribution is -2.20. The Morgan fingerprint density at radius 3 is 2.41 bits per heavy atom. The predicted molar refractivity (Wildman–Crippen MR) is 112 cm³/mol. The van der Waals surface area contributed by atoms with Gasteiger partial charge in [-0.1, -0.05) is 37.6 Å². The number of anilines is 2. The SMILES string of the molecule is CCCc1ccc(C)c(NC(=O)Nc2ccc(-c3ccnc(C)c3)cc2)c1. The molecule has 0 aliphatic carbocycles. The number of benzene rings is 2. The molecule has 2 N–H and O–H groups in total. The molecule has 0 unspecified atom stereocenters. The lowest BCUT2D eigenvalue weighted by atomic mass is 10.1. The second kappa shape index (κ2) is 8.49. The van der Waals surface area contributed by atoms with E-state index >= 15 is 0 Å². The lowest BCUT2D eigenvalue weighted by molar-refractivity contribution is 0.262. The zero-order valence-electron chi connectivity index (χ0n) is 16.0. The number of amides is 2. The maximum absolute atomic E-state index is 12.4. The summed E-state index contributed by atoms with van der Waals surface area (Å²) in [5, 5.41) is 5.85. The van der Waals surface area contributed by atoms with Crippen LogP contribution in [0.15, 0.2) is 60.8 Å². The fourth-order valence-corrected chi connectivity index (χ4v) is 3.00. The smallest absolute Gasteiger partial charge is 0.308 e. The Bertz CT molecular complexity index is 933. The van der Waals surface area contributed by atoms with Gasteiger partial charge in [0.25, 0.3) is 0 Å². The first-order valence-electron chi connectivity index (χ1n) is 9.26. The third-order valence-electron chi connectivity index (χ3n) is 4.46. The molecule has 27 heavy (non-hydrogen) atoms. The summed E-state index contributed by atoms with van der Waals surface area (Å²) >= 11 is 0. The Hall–Kier alpha value is -3.14. The second-order valence-corrected chi connectivity index (χ2v) is 6.74. The van der Waals surface area contributed by atoms with E-state index in [9.17, 15) is 4.79 Å². The van der Waals surface area contributed by atoms with Gasteiger partial charge in [-0.15, -0.1) is 0 Å². The molecule has 1 heterocycles. The van der Waals surface area contributed by atoms with Crippen molar-refractivity contribution in [2.24, 2.45) is 0 Å². The van der Waals surface area contributed by atoms with Gasteiger partial charge in [0, 0.05) is 23.3 Å². The normalized spacial score (nSPS) is 10.5. The van der Waals surface area contributed by atoms with Crippen LogP contribution in [0.5, 0.6) is 0 Å². The summed E-state index contributed by atoms with van der Waals surface area (Å²) in [6, 6.07) is 17.8. The van der Waals surface area contributed by atoms with E-state index < -0.39 is 0 Å². The number of rotatable bonds is 5. The summed E-state index contributed by atoms with van der Waals surface area (Å²) in [6.45, 7) is 6.12. The summed E-state index contributed by atoms with van der Waals surface area (Å²) in [4.78, 5) is 16.6. The molecule has 3 rings (SSSR count). The van der Waals surface area contributed by atoms with Crippen LogP contribution in [0.2, 0.25) is 0 Å². The topological polar surface area (TPSA) is 54.0 Å². The first kappa shape index (κ1) is 18.6. The van der Waals surface area contributed by atoms with Gasteiger partial charge in [0.2, 0.25) is 0 Å². The van der Waals surface area contributed by atoms with E-state index in [2.05, 4.69) is 28.6 Å². The highest BCUT2D eigenvalue weighted by molar-refractivity contribution is 6.00. The molecular weight excluding hydrogens is 334 g/mol. The number of carbonyl (C=O) groups excluding carboxylic acids is 1. The van der Waals surface area contributed by atoms with Gasteiger partial charge in [0.1, 0.15) is 0 Å². The van der Waals surface area contributed by atoms with Crippen molar-refractivity contribution in [2.75, 3.05) is 10.6 Å². The molecule has 138 valence electrons. The number of carbonyl (C=O) groups is 1. The van der Waals surface area contributed by atoms with E-state index in [1.54, 1.807) is 6.20 Å². The summed E-state index contributed by atoms with van der Waals surface area (Å²) < 4.78 is 0. The van der Waals surface area contributed by atoms with Crippen molar-refractivity contribution in [3.8, 4) is 11.1 Å². The molecule has 0 aliphatic heterocycles. The summed E-state index contributed by atoms with van der Waals surface area (Å²) in [5.74, 6) is 0. The predicted octanol–water partition coefficient (Wildman–Crippen LogP) is 5.96. The highest BCUT2D eigenvalue weighted by Gasteiger charge is 2.07. The van der Waals surface area contributed by atoms with Crippen molar-refractivity contribution < 1.29 is 4.79 Å². The minimum absolute atomic E-state index is 0.237. The molecule has 0 aliphatic rings. The Morgan fingerprint density at radius 2 is 1.70 bits per heavy atom. The number of aromatic nitrogens is 1. The summed E-state index contributed by atoms with van der Waals surface area (Å²) in [6.07, 6.45) is 3.89. The molecule has 0 spiro atoms. The van der Waals surface area contributed by atoms with Crippen LogP contribution in [0.1, 0.15) is 30.2 Å². The van der Waals surface area contributed by atoms with Gasteiger partial charge in [0.15, 0.2) is 0 Å². The molecule has 0 atom stereocenters. The number of hydrogen-bond acceptors (Lipinski definition) is 2. The average Bonchev–Trinajstić information content (AvgIpc) is 2.65. The number of aryl methyl sites for hydroxylation is 3. The molecule has 2 aromatic carbocycles. The van der Waals surface area contributed by atoms with E-state index in [0.29, 0.717) is 0 Å². The Morgan fingerprint density at radius 1 is 0.926 bits per heavy atom. The Labute approximate surface area is 160 Å². The molecule has 0 saturated heterocycles. The van der Waals surface area contributed by atoms with Crippen LogP contribution in [0.4, 0.5) is 16.2 Å². The van der Waals surface area contributed by atoms with Crippen LogP contribution in [-0.4, -0.2) is 11.0 Å². The molecule has 4 nitrogen and oxygen atoms in total. The van der Waals surface area contributed by atoms with Gasteiger partial charge in [-0.2, -0.15) is 0 Å². The zero-order chi connectivity index (χ0) is 19.2. The molecule has 1 aromatic heterocycles. The molecular formula is C23H25N3O. The van der Waals surface area contributed by atoms with Gasteiger partial charge < -0.3 is 10.6 Å². The van der Waals surface area contributed by atoms with E-state index in [1.807, 2.05) is 62.4 Å². The first-order valence-corrected chi connectivity index (χ1v) is 9.26. The largest absolute Gasteiger partial charge is 0.323 e. The Kier molecular flexibility index (Phi) is 5.87. The fraction of sp³-hybridized carbons (Fsp3) is 0.217. The van der Waals surface area contributed by atoms with Crippen molar-refractivity contribution >= 4 is 17.4 Å². The van der Waals surface area contributed by atoms with Crippen molar-refractivity contribution in [1.82, 2.24) is 4.98 Å². The molecule has 4 heteroatoms. The van der Waals surface area contributed by atoms with Gasteiger partial charge in [-0.05, 0) is 72.9 Å². The van der Waals surface area contributed by atoms with Crippen LogP contribution in [0, 0.1) is 13.8 Å². The maximum Gasteiger partial charge on any atom is 0.323 e. The van der Waals surface area contributed by atoms with Gasteiger partial charge in [0.05, 0.1) is 0 Å². The monoisotopic (exact) mass is 359 g/mol. The van der Waals surface area contributed by atoms with Crippen LogP contribution < -0.4 is 10.6 Å². The van der Waals surface area contributed by atoms with E-state index in [4.69, 9.17) is 0 Å². The number of nitrogens with one attached hydrogen (secondary N) is 2. The number of hydrogen-bond donors (Lipinski definition) is 2. The van der Waals surface area contributed by atoms with Crippen LogP contribution in [0.25, 0.3) is 11.1 Å². The van der Waals surface area contributed by atoms with E-state index in [0.717, 1.165) is 46.6 Å². The number of nitrogens with zero attached hydrogens (tertiary/aromatic N) is 1. The quantitative estimate of drug-likeness (QED) is 0.590. The third kappa shape index (κ3) is 4.94. The fourth-order valence-electron chi connectivity index (χ4n) is 3.00. The lowest BCUT2D eigenvalue weighted by Gasteiger charge is -2.12. The molecule has 0 fully saturated rings. The highest BCUT2D eigenvalue weighted by Crippen LogP contribution is 2.22. The van der Waals surface area contributed by atoms with Crippen LogP contribution in [-0.2, 0) is 6.42 Å². The van der Waals surface area contributed by atoms with Crippen molar-refractivity contribution in [3.05, 3.63) is 77.6 Å². The zero-order valence-corrected chi connectivity index (χ0v) is 16.0. The van der Waals surface area contributed by atoms with Crippen LogP contribution >= 0.6 is 0 Å². The summed E-state index contributed by atoms with van der Waals surface area (Å²) in [5.41, 5.74) is 7.07. The average molecular weight is 359 g/mol. The third-order valence-corrected chi connectivity index (χ3v) is 4.46. The second-order valence-electron chi connectivity index (χ2n) is 6.74. The number of urea groups is 1. The van der Waals surface area contributed by atoms with Crippen molar-refractivity contribution in [3.63, 3.8) is 0 Å². The van der Waals surface area contributed by atoms with Crippen molar-refractivity contribution in [1.29, 1.82) is 0 Å². The van der Waals surface area contributed by atoms with Gasteiger partial charge >= 0.3 is 6.03 Å². The standard InChI is InChI=1S/C23H25N3O/c1-4-5-18-7-6-16(2)22(15-18)26-23(27)25-21-10-8-19(9-11-21)20-12-13-24-17(3)14-20/h6-15H,4-5H2,1-3H3,(H2,25,26,27). The minimum atomic E-state index is -0.237. The molecule has 2 amide bonds. The van der Waals surface area contributed by atoms with Crippen LogP contribution in [0.3, 0.4) is 0 Å². The molecule has 0 radical (unpaired) electrons. The van der Waals surface area contributed by atoms with Gasteiger partial charge in [-0.25, -0.2) is 4.79 Å². The van der Waals surface area contributed by atoms with E-state index in [-0.39, 0.29) is 6.03 Å². The van der Waals surface area contributed by atoms with Crippen molar-refractivity contribution in [2.45, 2.75) is 33.6 Å². The molecule has 3 aromatic rings. The highest BCUT2D eigenvalue weighted by atomic mass is 16.2. The first-order chi connectivity index (χ1) is 13.0.